The van der Waals surface area contributed by atoms with E-state index in [1.165, 1.54) is 21.0 Å². The summed E-state index contributed by atoms with van der Waals surface area (Å²) in [5, 5.41) is 11.6. The molecule has 4 aliphatic carbocycles. The summed E-state index contributed by atoms with van der Waals surface area (Å²) < 4.78 is 16.0. The van der Waals surface area contributed by atoms with Gasteiger partial charge in [0, 0.05) is 19.8 Å². The van der Waals surface area contributed by atoms with E-state index in [1.54, 1.807) is 0 Å². The largest absolute Gasteiger partial charge is 0.466 e. The molecule has 0 spiro atoms. The molecule has 1 N–H and O–H groups in total. The Bertz CT molecular complexity index is 796. The normalized spacial score (nSPS) is 45.1. The average Bonchev–Trinajstić information content (AvgIpc) is 3.07. The van der Waals surface area contributed by atoms with Crippen molar-refractivity contribution in [3.63, 3.8) is 0 Å². The third-order valence-electron chi connectivity index (χ3n) is 10.0. The van der Waals surface area contributed by atoms with Crippen LogP contribution in [0, 0.1) is 40.4 Å². The number of carbonyl (C=O) groups excluding carboxylic acids is 3. The molecule has 0 heterocycles. The molecule has 33 heavy (non-hydrogen) atoms. The van der Waals surface area contributed by atoms with Crippen molar-refractivity contribution in [3.8, 4) is 0 Å². The summed E-state index contributed by atoms with van der Waals surface area (Å²) in [6, 6.07) is 0. The van der Waals surface area contributed by atoms with Crippen LogP contribution in [0.5, 0.6) is 0 Å². The van der Waals surface area contributed by atoms with E-state index in [0.717, 1.165) is 44.9 Å². The van der Waals surface area contributed by atoms with Gasteiger partial charge >= 0.3 is 17.9 Å². The molecule has 0 aromatic carbocycles. The minimum atomic E-state index is -0.919. The van der Waals surface area contributed by atoms with E-state index < -0.39 is 24.1 Å². The number of aliphatic hydroxyl groups is 1. The molecule has 10 atom stereocenters. The van der Waals surface area contributed by atoms with Crippen LogP contribution in [0.3, 0.4) is 0 Å². The number of fused-ring (bicyclic) bond motifs is 5. The van der Waals surface area contributed by atoms with Gasteiger partial charge in [0.1, 0.15) is 6.10 Å². The van der Waals surface area contributed by atoms with Crippen LogP contribution in [0.15, 0.2) is 0 Å². The number of aliphatic hydroxyl groups excluding tert-OH is 1. The molecule has 186 valence electrons. The van der Waals surface area contributed by atoms with Crippen molar-refractivity contribution in [2.45, 2.75) is 97.4 Å². The molecule has 4 fully saturated rings. The van der Waals surface area contributed by atoms with Gasteiger partial charge in [-0.05, 0) is 85.9 Å². The molecule has 0 amide bonds. The maximum atomic E-state index is 12.6. The Hall–Kier alpha value is -1.63. The van der Waals surface area contributed by atoms with Gasteiger partial charge < -0.3 is 19.3 Å². The topological polar surface area (TPSA) is 99.1 Å². The number of ether oxygens (including phenoxy) is 3. The summed E-state index contributed by atoms with van der Waals surface area (Å²) in [6.45, 7) is 7.32. The maximum Gasteiger partial charge on any atom is 0.347 e. The van der Waals surface area contributed by atoms with Gasteiger partial charge in [0.15, 0.2) is 0 Å². The fraction of sp³-hybridized carbons (Fsp3) is 0.885. The van der Waals surface area contributed by atoms with E-state index in [0.29, 0.717) is 24.2 Å². The van der Waals surface area contributed by atoms with E-state index >= 15 is 0 Å². The van der Waals surface area contributed by atoms with Crippen LogP contribution in [0.25, 0.3) is 0 Å². The van der Waals surface area contributed by atoms with Gasteiger partial charge in [0.05, 0.1) is 13.2 Å². The number of esters is 3. The minimum Gasteiger partial charge on any atom is -0.466 e. The fourth-order valence-corrected chi connectivity index (χ4v) is 8.81. The van der Waals surface area contributed by atoms with Crippen molar-refractivity contribution in [1.29, 1.82) is 0 Å². The molecule has 0 aromatic heterocycles. The van der Waals surface area contributed by atoms with Crippen molar-refractivity contribution in [1.82, 2.24) is 0 Å². The maximum absolute atomic E-state index is 12.6. The van der Waals surface area contributed by atoms with E-state index in [9.17, 15) is 19.5 Å². The second-order valence-corrected chi connectivity index (χ2v) is 11.6. The zero-order valence-corrected chi connectivity index (χ0v) is 20.7. The summed E-state index contributed by atoms with van der Waals surface area (Å²) >= 11 is 0. The van der Waals surface area contributed by atoms with Gasteiger partial charge in [-0.15, -0.1) is 0 Å². The number of carbonyl (C=O) groups is 3. The number of hydrogen-bond donors (Lipinski definition) is 1. The minimum absolute atomic E-state index is 0.0106. The summed E-state index contributed by atoms with van der Waals surface area (Å²) in [6.07, 6.45) is 5.78. The molecule has 7 nitrogen and oxygen atoms in total. The second kappa shape index (κ2) is 8.86. The third-order valence-corrected chi connectivity index (χ3v) is 10.0. The first kappa shape index (κ1) is 24.5. The Morgan fingerprint density at radius 2 is 1.70 bits per heavy atom. The standard InChI is InChI=1S/C26H40O7/c1-14(27)32-17-10-11-25(3)16(12-17)6-7-18-19-8-9-20(23(24(30)31-5)33-15(2)28)26(19,4)13-21(29)22(18)25/h16-23,29H,6-13H2,1-5H3. The van der Waals surface area contributed by atoms with Crippen LogP contribution < -0.4 is 0 Å². The van der Waals surface area contributed by atoms with E-state index in [-0.39, 0.29) is 34.7 Å². The van der Waals surface area contributed by atoms with Gasteiger partial charge in [0.25, 0.3) is 0 Å². The molecule has 0 saturated heterocycles. The highest BCUT2D eigenvalue weighted by molar-refractivity contribution is 5.79. The lowest BCUT2D eigenvalue weighted by atomic mass is 9.43. The first-order valence-electron chi connectivity index (χ1n) is 12.6. The number of methoxy groups -OCH3 is 1. The summed E-state index contributed by atoms with van der Waals surface area (Å²) in [4.78, 5) is 35.8. The van der Waals surface area contributed by atoms with Crippen LogP contribution in [-0.2, 0) is 28.6 Å². The van der Waals surface area contributed by atoms with Gasteiger partial charge in [-0.1, -0.05) is 13.8 Å². The predicted octanol–water partition coefficient (Wildman–Crippen LogP) is 3.65. The van der Waals surface area contributed by atoms with Gasteiger partial charge in [-0.2, -0.15) is 0 Å². The predicted molar refractivity (Wildman–Crippen MR) is 120 cm³/mol. The van der Waals surface area contributed by atoms with Gasteiger partial charge in [-0.3, -0.25) is 9.59 Å². The molecule has 4 saturated carbocycles. The highest BCUT2D eigenvalue weighted by atomic mass is 16.6. The SMILES string of the molecule is COC(=O)C(OC(C)=O)C1CCC2C3CCC4CC(OC(C)=O)CCC4(C)C3C(O)CC12C. The summed E-state index contributed by atoms with van der Waals surface area (Å²) in [7, 11) is 1.33. The summed E-state index contributed by atoms with van der Waals surface area (Å²) in [5.41, 5.74) is -0.261. The highest BCUT2D eigenvalue weighted by Gasteiger charge is 2.65. The monoisotopic (exact) mass is 464 g/mol. The van der Waals surface area contributed by atoms with Gasteiger partial charge in [0.2, 0.25) is 6.10 Å². The lowest BCUT2D eigenvalue weighted by Crippen LogP contribution is -2.60. The first-order chi connectivity index (χ1) is 15.5. The molecule has 0 aliphatic heterocycles. The van der Waals surface area contributed by atoms with Crippen LogP contribution in [0.4, 0.5) is 0 Å². The first-order valence-corrected chi connectivity index (χ1v) is 12.6. The Morgan fingerprint density at radius 1 is 0.970 bits per heavy atom. The second-order valence-electron chi connectivity index (χ2n) is 11.6. The lowest BCUT2D eigenvalue weighted by molar-refractivity contribution is -0.194. The molecule has 4 aliphatic rings. The van der Waals surface area contributed by atoms with Crippen molar-refractivity contribution >= 4 is 17.9 Å². The van der Waals surface area contributed by atoms with Crippen molar-refractivity contribution in [2.75, 3.05) is 7.11 Å². The molecular formula is C26H40O7. The highest BCUT2D eigenvalue weighted by Crippen LogP contribution is 2.68. The Balaban J connectivity index is 1.58. The fourth-order valence-electron chi connectivity index (χ4n) is 8.81. The molecule has 4 rings (SSSR count). The van der Waals surface area contributed by atoms with Crippen molar-refractivity contribution in [2.24, 2.45) is 40.4 Å². The van der Waals surface area contributed by atoms with Gasteiger partial charge in [-0.25, -0.2) is 4.79 Å². The smallest absolute Gasteiger partial charge is 0.347 e. The van der Waals surface area contributed by atoms with E-state index in [2.05, 4.69) is 13.8 Å². The third kappa shape index (κ3) is 4.08. The Kier molecular flexibility index (Phi) is 6.58. The molecule has 0 aromatic rings. The quantitative estimate of drug-likeness (QED) is 0.501. The number of rotatable bonds is 4. The van der Waals surface area contributed by atoms with Crippen LogP contribution in [0.1, 0.15) is 79.1 Å². The van der Waals surface area contributed by atoms with Crippen LogP contribution >= 0.6 is 0 Å². The van der Waals surface area contributed by atoms with Crippen molar-refractivity contribution in [3.05, 3.63) is 0 Å². The van der Waals surface area contributed by atoms with Crippen LogP contribution in [-0.4, -0.2) is 48.4 Å². The van der Waals surface area contributed by atoms with Crippen LogP contribution in [0.2, 0.25) is 0 Å². The van der Waals surface area contributed by atoms with E-state index in [1.807, 2.05) is 0 Å². The summed E-state index contributed by atoms with van der Waals surface area (Å²) in [5.74, 6) is 0.0508. The van der Waals surface area contributed by atoms with E-state index in [4.69, 9.17) is 14.2 Å². The Labute approximate surface area is 196 Å². The zero-order valence-electron chi connectivity index (χ0n) is 20.7. The molecule has 10 unspecified atom stereocenters. The average molecular weight is 465 g/mol. The molecule has 0 bridgehead atoms. The van der Waals surface area contributed by atoms with Crippen molar-refractivity contribution < 1.29 is 33.7 Å². The molecule has 7 heteroatoms. The lowest BCUT2D eigenvalue weighted by Gasteiger charge is -2.62. The zero-order chi connectivity index (χ0) is 24.1. The molecular weight excluding hydrogens is 424 g/mol. The number of hydrogen-bond acceptors (Lipinski definition) is 7. The molecule has 0 radical (unpaired) electrons. The Morgan fingerprint density at radius 3 is 2.33 bits per heavy atom.